The van der Waals surface area contributed by atoms with Gasteiger partial charge in [-0.25, -0.2) is 9.18 Å². The average molecular weight is 372 g/mol. The molecule has 0 atom stereocenters. The Hall–Kier alpha value is -2.96. The average Bonchev–Trinajstić information content (AvgIpc) is 3.29. The number of likely N-dealkylation sites (tertiary alicyclic amines) is 1. The lowest BCUT2D eigenvalue weighted by molar-refractivity contribution is -0.125. The number of aromatic nitrogens is 1. The lowest BCUT2D eigenvalue weighted by Gasteiger charge is -2.14. The summed E-state index contributed by atoms with van der Waals surface area (Å²) in [5.41, 5.74) is 0.477. The maximum absolute atomic E-state index is 14.5. The molecule has 7 heteroatoms. The maximum Gasteiger partial charge on any atom is 0.340 e. The molecule has 1 amide bonds. The number of ketones is 1. The summed E-state index contributed by atoms with van der Waals surface area (Å²) < 4.78 is 19.6. The molecule has 0 aliphatic carbocycles. The van der Waals surface area contributed by atoms with Crippen molar-refractivity contribution in [1.82, 2.24) is 9.88 Å². The minimum atomic E-state index is -0.784. The molecule has 2 aromatic rings. The number of H-pyrrole nitrogens is 1. The molecular weight excluding hydrogens is 351 g/mol. The lowest BCUT2D eigenvalue weighted by Crippen LogP contribution is -2.34. The van der Waals surface area contributed by atoms with E-state index in [1.165, 1.54) is 23.1 Å². The van der Waals surface area contributed by atoms with Crippen LogP contribution in [0.1, 0.15) is 46.3 Å². The van der Waals surface area contributed by atoms with Crippen LogP contribution in [0.3, 0.4) is 0 Å². The highest BCUT2D eigenvalue weighted by molar-refractivity contribution is 6.43. The van der Waals surface area contributed by atoms with E-state index in [1.807, 2.05) is 0 Å². The van der Waals surface area contributed by atoms with Crippen LogP contribution >= 0.6 is 0 Å². The van der Waals surface area contributed by atoms with Gasteiger partial charge in [0.1, 0.15) is 11.5 Å². The molecule has 0 bridgehead atoms. The molecular formula is C20H21FN2O4. The van der Waals surface area contributed by atoms with Gasteiger partial charge in [-0.15, -0.1) is 0 Å². The molecule has 1 aliphatic rings. The summed E-state index contributed by atoms with van der Waals surface area (Å²) >= 11 is 0. The van der Waals surface area contributed by atoms with Crippen LogP contribution in [0.5, 0.6) is 0 Å². The molecule has 1 N–H and O–H groups in total. The fraction of sp³-hybridized carbons (Fsp3) is 0.350. The number of esters is 1. The van der Waals surface area contributed by atoms with Gasteiger partial charge < -0.3 is 14.6 Å². The Balaban J connectivity index is 2.15. The summed E-state index contributed by atoms with van der Waals surface area (Å²) in [7, 11) is 0. The number of nitrogens with zero attached hydrogens (tertiary/aromatic N) is 1. The fourth-order valence-corrected chi connectivity index (χ4v) is 3.36. The molecule has 1 saturated heterocycles. The number of aryl methyl sites for hydroxylation is 1. The lowest BCUT2D eigenvalue weighted by atomic mass is 9.97. The SMILES string of the molecule is CCOC(=O)c1c(C)[nH]c(C(=O)C(=O)N2CCCC2)c1-c1ccccc1F. The zero-order chi connectivity index (χ0) is 19.6. The molecule has 1 aromatic heterocycles. The molecule has 0 unspecified atom stereocenters. The molecule has 0 spiro atoms. The van der Waals surface area contributed by atoms with Gasteiger partial charge >= 0.3 is 5.97 Å². The van der Waals surface area contributed by atoms with Crippen molar-refractivity contribution >= 4 is 17.7 Å². The zero-order valence-corrected chi connectivity index (χ0v) is 15.3. The summed E-state index contributed by atoms with van der Waals surface area (Å²) in [5.74, 6) is -2.70. The van der Waals surface area contributed by atoms with E-state index in [0.717, 1.165) is 12.8 Å². The van der Waals surface area contributed by atoms with Gasteiger partial charge in [-0.1, -0.05) is 18.2 Å². The number of amides is 1. The first-order chi connectivity index (χ1) is 13.0. The zero-order valence-electron chi connectivity index (χ0n) is 15.3. The molecule has 3 rings (SSSR count). The Morgan fingerprint density at radius 2 is 1.85 bits per heavy atom. The van der Waals surface area contributed by atoms with Crippen molar-refractivity contribution in [2.24, 2.45) is 0 Å². The third-order valence-corrected chi connectivity index (χ3v) is 4.62. The van der Waals surface area contributed by atoms with Gasteiger partial charge in [0.2, 0.25) is 0 Å². The van der Waals surface area contributed by atoms with Gasteiger partial charge in [-0.2, -0.15) is 0 Å². The molecule has 27 heavy (non-hydrogen) atoms. The molecule has 2 heterocycles. The van der Waals surface area contributed by atoms with E-state index in [1.54, 1.807) is 19.9 Å². The van der Waals surface area contributed by atoms with Crippen LogP contribution in [0.25, 0.3) is 11.1 Å². The van der Waals surface area contributed by atoms with Crippen LogP contribution in [0, 0.1) is 12.7 Å². The summed E-state index contributed by atoms with van der Waals surface area (Å²) in [6, 6.07) is 5.83. The summed E-state index contributed by atoms with van der Waals surface area (Å²) in [6.07, 6.45) is 1.69. The highest BCUT2D eigenvalue weighted by Gasteiger charge is 2.33. The minimum absolute atomic E-state index is 0.0690. The van der Waals surface area contributed by atoms with Crippen LogP contribution in [0.2, 0.25) is 0 Å². The standard InChI is InChI=1S/C20H21FN2O4/c1-3-27-20(26)15-12(2)22-17(16(15)13-8-4-5-9-14(13)21)18(24)19(25)23-10-6-7-11-23/h4-5,8-9,22H,3,6-7,10-11H2,1-2H3. The largest absolute Gasteiger partial charge is 0.462 e. The number of benzene rings is 1. The van der Waals surface area contributed by atoms with Crippen molar-refractivity contribution in [1.29, 1.82) is 0 Å². The van der Waals surface area contributed by atoms with Crippen LogP contribution in [0.4, 0.5) is 4.39 Å². The number of rotatable bonds is 5. The Morgan fingerprint density at radius 1 is 1.19 bits per heavy atom. The number of hydrogen-bond donors (Lipinski definition) is 1. The second kappa shape index (κ2) is 7.73. The van der Waals surface area contributed by atoms with E-state index < -0.39 is 23.5 Å². The molecule has 1 aromatic carbocycles. The number of carbonyl (C=O) groups excluding carboxylic acids is 3. The second-order valence-electron chi connectivity index (χ2n) is 6.40. The van der Waals surface area contributed by atoms with Crippen molar-refractivity contribution in [3.8, 4) is 11.1 Å². The third-order valence-electron chi connectivity index (χ3n) is 4.62. The number of ether oxygens (including phenoxy) is 1. The third kappa shape index (κ3) is 3.49. The predicted molar refractivity (Wildman–Crippen MR) is 97.0 cm³/mol. The number of hydrogen-bond acceptors (Lipinski definition) is 4. The maximum atomic E-state index is 14.5. The van der Waals surface area contributed by atoms with Crippen molar-refractivity contribution in [2.45, 2.75) is 26.7 Å². The number of carbonyl (C=O) groups is 3. The van der Waals surface area contributed by atoms with Crippen molar-refractivity contribution in [3.05, 3.63) is 47.0 Å². The molecule has 6 nitrogen and oxygen atoms in total. The first kappa shape index (κ1) is 18.8. The summed E-state index contributed by atoms with van der Waals surface area (Å²) in [4.78, 5) is 42.2. The van der Waals surface area contributed by atoms with E-state index in [2.05, 4.69) is 4.98 Å². The van der Waals surface area contributed by atoms with Crippen LogP contribution in [-0.4, -0.2) is 47.2 Å². The van der Waals surface area contributed by atoms with Crippen molar-refractivity contribution < 1.29 is 23.5 Å². The Bertz CT molecular complexity index is 897. The Labute approximate surface area is 156 Å². The summed E-state index contributed by atoms with van der Waals surface area (Å²) in [6.45, 7) is 4.42. The second-order valence-corrected chi connectivity index (χ2v) is 6.40. The molecule has 1 fully saturated rings. The Kier molecular flexibility index (Phi) is 5.39. The van der Waals surface area contributed by atoms with Crippen LogP contribution in [0.15, 0.2) is 24.3 Å². The number of nitrogens with one attached hydrogen (secondary N) is 1. The monoisotopic (exact) mass is 372 g/mol. The van der Waals surface area contributed by atoms with E-state index in [9.17, 15) is 18.8 Å². The highest BCUT2D eigenvalue weighted by Crippen LogP contribution is 2.33. The Morgan fingerprint density at radius 3 is 2.48 bits per heavy atom. The summed E-state index contributed by atoms with van der Waals surface area (Å²) in [5, 5.41) is 0. The topological polar surface area (TPSA) is 79.5 Å². The number of halogens is 1. The van der Waals surface area contributed by atoms with E-state index in [4.69, 9.17) is 4.74 Å². The smallest absolute Gasteiger partial charge is 0.340 e. The van der Waals surface area contributed by atoms with Gasteiger partial charge in [0, 0.05) is 29.9 Å². The van der Waals surface area contributed by atoms with E-state index in [0.29, 0.717) is 18.8 Å². The molecule has 0 saturated carbocycles. The number of aromatic amines is 1. The quantitative estimate of drug-likeness (QED) is 0.497. The van der Waals surface area contributed by atoms with Gasteiger partial charge in [-0.05, 0) is 32.8 Å². The predicted octanol–water partition coefficient (Wildman–Crippen LogP) is 3.11. The molecule has 142 valence electrons. The fourth-order valence-electron chi connectivity index (χ4n) is 3.36. The van der Waals surface area contributed by atoms with E-state index in [-0.39, 0.29) is 29.0 Å². The van der Waals surface area contributed by atoms with Crippen LogP contribution in [-0.2, 0) is 9.53 Å². The normalized spacial score (nSPS) is 13.7. The highest BCUT2D eigenvalue weighted by atomic mass is 19.1. The van der Waals surface area contributed by atoms with E-state index >= 15 is 0 Å². The first-order valence-electron chi connectivity index (χ1n) is 8.93. The van der Waals surface area contributed by atoms with Gasteiger partial charge in [0.25, 0.3) is 11.7 Å². The van der Waals surface area contributed by atoms with Gasteiger partial charge in [0.05, 0.1) is 12.2 Å². The van der Waals surface area contributed by atoms with Crippen molar-refractivity contribution in [2.75, 3.05) is 19.7 Å². The van der Waals surface area contributed by atoms with Crippen LogP contribution < -0.4 is 0 Å². The minimum Gasteiger partial charge on any atom is -0.462 e. The molecule has 1 aliphatic heterocycles. The van der Waals surface area contributed by atoms with Crippen molar-refractivity contribution in [3.63, 3.8) is 0 Å². The number of Topliss-reactive ketones (excluding diaryl/α,β-unsaturated/α-hetero) is 1. The van der Waals surface area contributed by atoms with Gasteiger partial charge in [0.15, 0.2) is 0 Å². The van der Waals surface area contributed by atoms with Gasteiger partial charge in [-0.3, -0.25) is 9.59 Å². The first-order valence-corrected chi connectivity index (χ1v) is 8.93. The molecule has 0 radical (unpaired) electrons.